The number of hydrogen-bond donors (Lipinski definition) is 0. The van der Waals surface area contributed by atoms with Crippen LogP contribution in [-0.2, 0) is 17.6 Å². The van der Waals surface area contributed by atoms with E-state index >= 15 is 0 Å². The molecule has 5 rings (SSSR count). The molecule has 0 radical (unpaired) electrons. The first kappa shape index (κ1) is 20.7. The smallest absolute Gasteiger partial charge is 0.192 e. The van der Waals surface area contributed by atoms with Gasteiger partial charge < -0.3 is 19.1 Å². The highest BCUT2D eigenvalue weighted by Crippen LogP contribution is 2.44. The van der Waals surface area contributed by atoms with Crippen LogP contribution in [0.3, 0.4) is 0 Å². The summed E-state index contributed by atoms with van der Waals surface area (Å²) in [5.74, 6) is 1.53. The predicted molar refractivity (Wildman–Crippen MR) is 128 cm³/mol. The van der Waals surface area contributed by atoms with Gasteiger partial charge in [0.05, 0.1) is 31.6 Å². The maximum atomic E-state index is 13.2. The van der Waals surface area contributed by atoms with Crippen LogP contribution in [0.4, 0.5) is 5.69 Å². The molecule has 162 valence electrons. The molecule has 0 amide bonds. The van der Waals surface area contributed by atoms with Crippen molar-refractivity contribution in [3.8, 4) is 11.5 Å². The summed E-state index contributed by atoms with van der Waals surface area (Å²) >= 11 is 3.57. The number of anilines is 1. The predicted octanol–water partition coefficient (Wildman–Crippen LogP) is 4.37. The Balaban J connectivity index is 1.43. The van der Waals surface area contributed by atoms with Crippen LogP contribution in [0.5, 0.6) is 11.5 Å². The summed E-state index contributed by atoms with van der Waals surface area (Å²) in [5, 5.41) is 1.15. The fraction of sp³-hybridized carbons (Fsp3) is 0.375. The molecule has 1 saturated heterocycles. The molecule has 1 unspecified atom stereocenters. The van der Waals surface area contributed by atoms with Crippen LogP contribution < -0.4 is 19.8 Å². The molecule has 3 heterocycles. The molecule has 2 aliphatic rings. The van der Waals surface area contributed by atoms with Gasteiger partial charge in [0, 0.05) is 39.7 Å². The zero-order valence-corrected chi connectivity index (χ0v) is 19.3. The second kappa shape index (κ2) is 8.73. The Labute approximate surface area is 189 Å². The van der Waals surface area contributed by atoms with Crippen molar-refractivity contribution >= 4 is 38.9 Å². The zero-order valence-electron chi connectivity index (χ0n) is 17.7. The van der Waals surface area contributed by atoms with Crippen molar-refractivity contribution in [2.45, 2.75) is 22.3 Å². The number of ether oxygens (including phenoxy) is 3. The van der Waals surface area contributed by atoms with Crippen LogP contribution >= 0.6 is 23.1 Å². The van der Waals surface area contributed by atoms with Gasteiger partial charge in [0.25, 0.3) is 0 Å². The lowest BCUT2D eigenvalue weighted by Crippen LogP contribution is -2.36. The fourth-order valence-electron chi connectivity index (χ4n) is 4.38. The molecule has 1 fully saturated rings. The normalized spacial score (nSPS) is 18.3. The van der Waals surface area contributed by atoms with Crippen LogP contribution in [0.2, 0.25) is 0 Å². The number of rotatable bonds is 5. The monoisotopic (exact) mass is 455 g/mol. The van der Waals surface area contributed by atoms with Gasteiger partial charge in [0.1, 0.15) is 0 Å². The van der Waals surface area contributed by atoms with E-state index in [9.17, 15) is 4.79 Å². The Morgan fingerprint density at radius 3 is 2.74 bits per heavy atom. The second-order valence-corrected chi connectivity index (χ2v) is 10.4. The lowest BCUT2D eigenvalue weighted by molar-refractivity contribution is 0.122. The third kappa shape index (κ3) is 3.90. The van der Waals surface area contributed by atoms with Gasteiger partial charge in [-0.15, -0.1) is 23.1 Å². The van der Waals surface area contributed by atoms with Crippen LogP contribution in [0.15, 0.2) is 45.4 Å². The van der Waals surface area contributed by atoms with Gasteiger partial charge in [0.2, 0.25) is 0 Å². The number of benzene rings is 2. The molecule has 5 nitrogen and oxygen atoms in total. The summed E-state index contributed by atoms with van der Waals surface area (Å²) in [7, 11) is 3.33. The Kier molecular flexibility index (Phi) is 5.82. The molecular formula is C24H25NO4S2. The first-order valence-electron chi connectivity index (χ1n) is 10.5. The van der Waals surface area contributed by atoms with Crippen molar-refractivity contribution in [3.05, 3.63) is 57.7 Å². The Morgan fingerprint density at radius 1 is 1.13 bits per heavy atom. The lowest BCUT2D eigenvalue weighted by atomic mass is 10.0. The van der Waals surface area contributed by atoms with E-state index in [4.69, 9.17) is 14.2 Å². The van der Waals surface area contributed by atoms with Crippen molar-refractivity contribution < 1.29 is 14.2 Å². The van der Waals surface area contributed by atoms with Gasteiger partial charge in [-0.2, -0.15) is 0 Å². The van der Waals surface area contributed by atoms with Gasteiger partial charge in [0.15, 0.2) is 16.9 Å². The standard InChI is InChI=1S/C24H25NO4S2/c1-27-20-5-3-4-15(23(20)28-2)12-17-14-19-22(26)18-7-6-16(25-8-10-29-11-9-25)13-21(18)31-24(19)30-17/h3-7,13,17H,8-12,14H2,1-2H3. The molecule has 2 aromatic carbocycles. The minimum atomic E-state index is 0.185. The Morgan fingerprint density at radius 2 is 1.97 bits per heavy atom. The maximum absolute atomic E-state index is 13.2. The van der Waals surface area contributed by atoms with E-state index in [1.807, 2.05) is 30.0 Å². The molecule has 0 N–H and O–H groups in total. The maximum Gasteiger partial charge on any atom is 0.192 e. The highest BCUT2D eigenvalue weighted by molar-refractivity contribution is 8.02. The van der Waals surface area contributed by atoms with Gasteiger partial charge in [-0.3, -0.25) is 4.79 Å². The van der Waals surface area contributed by atoms with E-state index in [1.165, 1.54) is 5.69 Å². The quantitative estimate of drug-likeness (QED) is 0.569. The van der Waals surface area contributed by atoms with Crippen molar-refractivity contribution in [2.24, 2.45) is 0 Å². The third-order valence-electron chi connectivity index (χ3n) is 5.95. The number of hydrogen-bond acceptors (Lipinski definition) is 7. The zero-order chi connectivity index (χ0) is 21.4. The van der Waals surface area contributed by atoms with E-state index in [2.05, 4.69) is 23.1 Å². The molecule has 1 atom stereocenters. The first-order chi connectivity index (χ1) is 15.2. The highest BCUT2D eigenvalue weighted by atomic mass is 32.2. The molecule has 3 aromatic rings. The molecule has 0 saturated carbocycles. The summed E-state index contributed by atoms with van der Waals surface area (Å²) < 4.78 is 18.7. The summed E-state index contributed by atoms with van der Waals surface area (Å²) in [6.45, 7) is 3.29. The Hall–Kier alpha value is -2.22. The number of fused-ring (bicyclic) bond motifs is 2. The van der Waals surface area contributed by atoms with Crippen molar-refractivity contribution in [3.63, 3.8) is 0 Å². The highest BCUT2D eigenvalue weighted by Gasteiger charge is 2.28. The molecule has 7 heteroatoms. The van der Waals surface area contributed by atoms with Crippen LogP contribution in [0.25, 0.3) is 10.1 Å². The van der Waals surface area contributed by atoms with Crippen LogP contribution in [0, 0.1) is 0 Å². The summed E-state index contributed by atoms with van der Waals surface area (Å²) in [5.41, 5.74) is 3.44. The van der Waals surface area contributed by atoms with E-state index in [-0.39, 0.29) is 5.43 Å². The summed E-state index contributed by atoms with van der Waals surface area (Å²) in [6, 6.07) is 12.2. The van der Waals surface area contributed by atoms with Gasteiger partial charge in [-0.1, -0.05) is 12.1 Å². The average Bonchev–Trinajstić information content (AvgIpc) is 3.21. The first-order valence-corrected chi connectivity index (χ1v) is 12.2. The van der Waals surface area contributed by atoms with Gasteiger partial charge in [-0.25, -0.2) is 0 Å². The van der Waals surface area contributed by atoms with Gasteiger partial charge in [-0.05, 0) is 42.7 Å². The molecule has 0 spiro atoms. The van der Waals surface area contributed by atoms with Crippen LogP contribution in [0.1, 0.15) is 11.1 Å². The van der Waals surface area contributed by atoms with Crippen molar-refractivity contribution in [1.82, 2.24) is 0 Å². The minimum Gasteiger partial charge on any atom is -0.493 e. The largest absolute Gasteiger partial charge is 0.493 e. The lowest BCUT2D eigenvalue weighted by Gasteiger charge is -2.29. The van der Waals surface area contributed by atoms with E-state index in [0.717, 1.165) is 76.1 Å². The van der Waals surface area contributed by atoms with E-state index in [1.54, 1.807) is 25.6 Å². The number of para-hydroxylation sites is 1. The molecule has 2 aliphatic heterocycles. The summed E-state index contributed by atoms with van der Waals surface area (Å²) in [4.78, 5) is 15.6. The molecule has 0 aliphatic carbocycles. The van der Waals surface area contributed by atoms with Crippen molar-refractivity contribution in [2.75, 3.05) is 45.4 Å². The molecular weight excluding hydrogens is 430 g/mol. The third-order valence-corrected chi connectivity index (χ3v) is 8.60. The Bertz CT molecular complexity index is 1170. The fourth-order valence-corrected chi connectivity index (χ4v) is 7.34. The average molecular weight is 456 g/mol. The second-order valence-electron chi connectivity index (χ2n) is 7.78. The van der Waals surface area contributed by atoms with Crippen molar-refractivity contribution in [1.29, 1.82) is 0 Å². The summed E-state index contributed by atoms with van der Waals surface area (Å²) in [6.07, 6.45) is 1.62. The number of nitrogens with zero attached hydrogens (tertiary/aromatic N) is 1. The number of morpholine rings is 1. The van der Waals surface area contributed by atoms with E-state index in [0.29, 0.717) is 5.25 Å². The molecule has 0 bridgehead atoms. The number of methoxy groups -OCH3 is 2. The van der Waals surface area contributed by atoms with Gasteiger partial charge >= 0.3 is 0 Å². The molecule has 1 aromatic heterocycles. The topological polar surface area (TPSA) is 48.0 Å². The minimum absolute atomic E-state index is 0.185. The SMILES string of the molecule is COc1cccc(CC2Cc3c(sc4cc(N5CCOCC5)ccc4c3=O)S2)c1OC. The number of thioether (sulfide) groups is 1. The van der Waals surface area contributed by atoms with E-state index < -0.39 is 0 Å². The molecule has 31 heavy (non-hydrogen) atoms. The van der Waals surface area contributed by atoms with Crippen LogP contribution in [-0.4, -0.2) is 45.8 Å².